The Kier molecular flexibility index (Phi) is 6.33. The van der Waals surface area contributed by atoms with Gasteiger partial charge in [-0.2, -0.15) is 0 Å². The van der Waals surface area contributed by atoms with Crippen LogP contribution in [0.3, 0.4) is 0 Å². The smallest absolute Gasteiger partial charge is 0.242 e. The molecule has 1 amide bonds. The third-order valence-corrected chi connectivity index (χ3v) is 4.52. The van der Waals surface area contributed by atoms with E-state index < -0.39 is 6.04 Å². The lowest BCUT2D eigenvalue weighted by atomic mass is 10.0. The van der Waals surface area contributed by atoms with Gasteiger partial charge in [-0.25, -0.2) is 4.98 Å². The molecule has 0 fully saturated rings. The minimum absolute atomic E-state index is 0.335. The fraction of sp³-hybridized carbons (Fsp3) is 0.0909. The predicted molar refractivity (Wildman–Crippen MR) is 114 cm³/mol. The van der Waals surface area contributed by atoms with Crippen LogP contribution in [0.15, 0.2) is 60.7 Å². The molecule has 3 rings (SSSR count). The summed E-state index contributed by atoms with van der Waals surface area (Å²) in [5.74, 6) is 6.16. The number of hydrogen-bond donors (Lipinski definition) is 2. The van der Waals surface area contributed by atoms with Gasteiger partial charge >= 0.3 is 0 Å². The lowest BCUT2D eigenvalue weighted by Gasteiger charge is -2.12. The number of carbonyl (C=O) groups is 1. The van der Waals surface area contributed by atoms with Gasteiger partial charge in [-0.15, -0.1) is 0 Å². The van der Waals surface area contributed by atoms with Crippen molar-refractivity contribution in [3.8, 4) is 23.0 Å². The number of nitrogens with zero attached hydrogens (tertiary/aromatic N) is 1. The highest BCUT2D eigenvalue weighted by Gasteiger charge is 2.15. The molecule has 0 aliphatic carbocycles. The maximum Gasteiger partial charge on any atom is 0.242 e. The van der Waals surface area contributed by atoms with Gasteiger partial charge in [-0.1, -0.05) is 53.4 Å². The third kappa shape index (κ3) is 4.71. The van der Waals surface area contributed by atoms with Gasteiger partial charge < -0.3 is 11.1 Å². The Morgan fingerprint density at radius 1 is 1.00 bits per heavy atom. The Labute approximate surface area is 173 Å². The standard InChI is InChI=1S/C22H17Cl2N3O/c1-14(25)22(28)27-20-13-11-16(21-17(23)8-5-9-18(21)24)19(26-20)12-10-15-6-3-2-4-7-15/h2-9,11,13-14H,25H2,1H3,(H,26,27,28). The van der Waals surface area contributed by atoms with E-state index >= 15 is 0 Å². The van der Waals surface area contributed by atoms with Crippen molar-refractivity contribution in [2.24, 2.45) is 5.73 Å². The number of carbonyl (C=O) groups excluding carboxylic acids is 1. The fourth-order valence-corrected chi connectivity index (χ4v) is 3.07. The van der Waals surface area contributed by atoms with Gasteiger partial charge in [0.05, 0.1) is 6.04 Å². The quantitative estimate of drug-likeness (QED) is 0.613. The molecule has 3 aromatic rings. The van der Waals surface area contributed by atoms with E-state index in [1.165, 1.54) is 0 Å². The summed E-state index contributed by atoms with van der Waals surface area (Å²) in [6.45, 7) is 1.60. The second-order valence-corrected chi connectivity index (χ2v) is 6.90. The minimum atomic E-state index is -0.654. The van der Waals surface area contributed by atoms with Crippen LogP contribution in [-0.4, -0.2) is 16.9 Å². The van der Waals surface area contributed by atoms with Crippen LogP contribution < -0.4 is 11.1 Å². The molecule has 0 aliphatic heterocycles. The van der Waals surface area contributed by atoms with E-state index in [1.807, 2.05) is 30.3 Å². The van der Waals surface area contributed by atoms with Crippen molar-refractivity contribution in [2.75, 3.05) is 5.32 Å². The van der Waals surface area contributed by atoms with E-state index in [0.29, 0.717) is 32.7 Å². The normalized spacial score (nSPS) is 11.3. The van der Waals surface area contributed by atoms with Crippen LogP contribution >= 0.6 is 23.2 Å². The number of benzene rings is 2. The zero-order valence-electron chi connectivity index (χ0n) is 15.0. The SMILES string of the molecule is CC(N)C(=O)Nc1ccc(-c2c(Cl)cccc2Cl)c(C#Cc2ccccc2)n1. The van der Waals surface area contributed by atoms with Crippen LogP contribution in [0.4, 0.5) is 5.82 Å². The first kappa shape index (κ1) is 19.9. The Hall–Kier alpha value is -2.84. The number of rotatable bonds is 3. The van der Waals surface area contributed by atoms with Crippen LogP contribution in [0.2, 0.25) is 10.0 Å². The zero-order chi connectivity index (χ0) is 20.1. The van der Waals surface area contributed by atoms with Crippen molar-refractivity contribution in [3.63, 3.8) is 0 Å². The average molecular weight is 410 g/mol. The number of halogens is 2. The minimum Gasteiger partial charge on any atom is -0.320 e. The topological polar surface area (TPSA) is 68.0 Å². The zero-order valence-corrected chi connectivity index (χ0v) is 16.6. The van der Waals surface area contributed by atoms with E-state index in [-0.39, 0.29) is 5.91 Å². The molecule has 28 heavy (non-hydrogen) atoms. The molecule has 0 spiro atoms. The number of anilines is 1. The van der Waals surface area contributed by atoms with Crippen molar-refractivity contribution >= 4 is 34.9 Å². The van der Waals surface area contributed by atoms with Crippen LogP contribution in [-0.2, 0) is 4.79 Å². The Balaban J connectivity index is 2.11. The molecule has 0 saturated carbocycles. The predicted octanol–water partition coefficient (Wildman–Crippen LogP) is 4.74. The van der Waals surface area contributed by atoms with E-state index in [9.17, 15) is 4.79 Å². The lowest BCUT2D eigenvalue weighted by molar-refractivity contribution is -0.117. The fourth-order valence-electron chi connectivity index (χ4n) is 2.47. The first-order chi connectivity index (χ1) is 13.5. The molecule has 1 heterocycles. The molecule has 6 heteroatoms. The van der Waals surface area contributed by atoms with Crippen molar-refractivity contribution in [1.29, 1.82) is 0 Å². The lowest BCUT2D eigenvalue weighted by Crippen LogP contribution is -2.32. The monoisotopic (exact) mass is 409 g/mol. The van der Waals surface area contributed by atoms with Crippen molar-refractivity contribution < 1.29 is 4.79 Å². The molecular weight excluding hydrogens is 393 g/mol. The maximum atomic E-state index is 11.9. The first-order valence-corrected chi connectivity index (χ1v) is 9.30. The van der Waals surface area contributed by atoms with Gasteiger partial charge in [-0.05, 0) is 49.2 Å². The Morgan fingerprint density at radius 2 is 1.68 bits per heavy atom. The summed E-state index contributed by atoms with van der Waals surface area (Å²) >= 11 is 12.7. The van der Waals surface area contributed by atoms with Crippen LogP contribution in [0.25, 0.3) is 11.1 Å². The second kappa shape index (κ2) is 8.90. The van der Waals surface area contributed by atoms with Gasteiger partial charge in [0.1, 0.15) is 11.5 Å². The van der Waals surface area contributed by atoms with E-state index in [1.54, 1.807) is 37.3 Å². The largest absolute Gasteiger partial charge is 0.320 e. The van der Waals surface area contributed by atoms with E-state index in [2.05, 4.69) is 22.1 Å². The molecule has 4 nitrogen and oxygen atoms in total. The molecule has 140 valence electrons. The summed E-state index contributed by atoms with van der Waals surface area (Å²) in [4.78, 5) is 16.4. The number of amides is 1. The summed E-state index contributed by atoms with van der Waals surface area (Å²) in [5.41, 5.74) is 8.22. The van der Waals surface area contributed by atoms with Crippen molar-refractivity contribution in [3.05, 3.63) is 82.0 Å². The van der Waals surface area contributed by atoms with E-state index in [4.69, 9.17) is 28.9 Å². The molecule has 0 bridgehead atoms. The maximum absolute atomic E-state index is 11.9. The third-order valence-electron chi connectivity index (χ3n) is 3.89. The van der Waals surface area contributed by atoms with Gasteiger partial charge in [0.2, 0.25) is 5.91 Å². The van der Waals surface area contributed by atoms with Crippen LogP contribution in [0.5, 0.6) is 0 Å². The highest BCUT2D eigenvalue weighted by molar-refractivity contribution is 6.39. The summed E-state index contributed by atoms with van der Waals surface area (Å²) in [5, 5.41) is 3.66. The van der Waals surface area contributed by atoms with Crippen LogP contribution in [0, 0.1) is 11.8 Å². The highest BCUT2D eigenvalue weighted by Crippen LogP contribution is 2.36. The number of pyridine rings is 1. The Bertz CT molecular complexity index is 1050. The van der Waals surface area contributed by atoms with Gasteiger partial charge in [-0.3, -0.25) is 4.79 Å². The molecule has 1 atom stereocenters. The number of nitrogens with two attached hydrogens (primary N) is 1. The summed E-state index contributed by atoms with van der Waals surface area (Å²) in [6, 6.07) is 17.6. The molecule has 1 unspecified atom stereocenters. The van der Waals surface area contributed by atoms with Crippen LogP contribution in [0.1, 0.15) is 18.2 Å². The number of aromatic nitrogens is 1. The van der Waals surface area contributed by atoms with Crippen molar-refractivity contribution in [2.45, 2.75) is 13.0 Å². The molecule has 3 N–H and O–H groups in total. The molecule has 0 saturated heterocycles. The summed E-state index contributed by atoms with van der Waals surface area (Å²) < 4.78 is 0. The second-order valence-electron chi connectivity index (χ2n) is 6.08. The van der Waals surface area contributed by atoms with Gasteiger partial charge in [0.15, 0.2) is 0 Å². The highest BCUT2D eigenvalue weighted by atomic mass is 35.5. The molecular formula is C22H17Cl2N3O. The number of hydrogen-bond acceptors (Lipinski definition) is 3. The molecule has 2 aromatic carbocycles. The van der Waals surface area contributed by atoms with E-state index in [0.717, 1.165) is 5.56 Å². The summed E-state index contributed by atoms with van der Waals surface area (Å²) in [6.07, 6.45) is 0. The average Bonchev–Trinajstić information content (AvgIpc) is 2.68. The van der Waals surface area contributed by atoms with Crippen molar-refractivity contribution in [1.82, 2.24) is 4.98 Å². The summed E-state index contributed by atoms with van der Waals surface area (Å²) in [7, 11) is 0. The Morgan fingerprint density at radius 3 is 2.32 bits per heavy atom. The molecule has 1 aromatic heterocycles. The van der Waals surface area contributed by atoms with Gasteiger partial charge in [0.25, 0.3) is 0 Å². The van der Waals surface area contributed by atoms with Gasteiger partial charge in [0, 0.05) is 26.7 Å². The molecule has 0 radical (unpaired) electrons. The number of nitrogens with one attached hydrogen (secondary N) is 1. The first-order valence-electron chi connectivity index (χ1n) is 8.54. The molecule has 0 aliphatic rings.